The zero-order valence-corrected chi connectivity index (χ0v) is 13.9. The van der Waals surface area contributed by atoms with Crippen LogP contribution in [0.25, 0.3) is 10.8 Å². The molecule has 4 heteroatoms. The van der Waals surface area contributed by atoms with Crippen LogP contribution >= 0.6 is 0 Å². The number of sulfone groups is 1. The third-order valence-corrected chi connectivity index (χ3v) is 5.85. The highest BCUT2D eigenvalue weighted by molar-refractivity contribution is 7.91. The van der Waals surface area contributed by atoms with Crippen LogP contribution in [0, 0.1) is 0 Å². The molecular formula is C16H20O2SSi. The summed E-state index contributed by atoms with van der Waals surface area (Å²) in [6.45, 7) is 6.56. The molecule has 0 atom stereocenters. The first-order valence-corrected chi connectivity index (χ1v) is 11.9. The molecule has 0 bridgehead atoms. The Labute approximate surface area is 122 Å². The lowest BCUT2D eigenvalue weighted by molar-refractivity contribution is 0.599. The summed E-state index contributed by atoms with van der Waals surface area (Å²) < 4.78 is 24.7. The largest absolute Gasteiger partial charge is 0.223 e. The fourth-order valence-electron chi connectivity index (χ4n) is 1.99. The van der Waals surface area contributed by atoms with Gasteiger partial charge in [0.25, 0.3) is 0 Å². The second kappa shape index (κ2) is 5.54. The molecule has 2 aromatic carbocycles. The quantitative estimate of drug-likeness (QED) is 0.799. The minimum atomic E-state index is -3.24. The topological polar surface area (TPSA) is 34.1 Å². The summed E-state index contributed by atoms with van der Waals surface area (Å²) >= 11 is 0. The summed E-state index contributed by atoms with van der Waals surface area (Å²) in [5.74, 6) is 0.0790. The average Bonchev–Trinajstić information content (AvgIpc) is 2.36. The second-order valence-electron chi connectivity index (χ2n) is 6.06. The first-order chi connectivity index (χ1) is 9.28. The van der Waals surface area contributed by atoms with Gasteiger partial charge < -0.3 is 0 Å². The van der Waals surface area contributed by atoms with E-state index in [1.807, 2.05) is 30.3 Å². The van der Waals surface area contributed by atoms with Crippen LogP contribution in [0.15, 0.2) is 59.1 Å². The highest BCUT2D eigenvalue weighted by Crippen LogP contribution is 2.20. The summed E-state index contributed by atoms with van der Waals surface area (Å²) in [5, 5.41) is 2.02. The van der Waals surface area contributed by atoms with Crippen molar-refractivity contribution in [1.82, 2.24) is 0 Å². The fraction of sp³-hybridized carbons (Fsp3) is 0.250. The zero-order chi connectivity index (χ0) is 14.8. The molecule has 0 spiro atoms. The van der Waals surface area contributed by atoms with Crippen LogP contribution in [0.4, 0.5) is 0 Å². The predicted molar refractivity (Wildman–Crippen MR) is 88.5 cm³/mol. The third-order valence-electron chi connectivity index (χ3n) is 3.01. The number of rotatable bonds is 4. The molecule has 0 N–H and O–H groups in total. The highest BCUT2D eigenvalue weighted by atomic mass is 32.2. The van der Waals surface area contributed by atoms with E-state index in [0.29, 0.717) is 4.90 Å². The van der Waals surface area contributed by atoms with Crippen LogP contribution in [0.3, 0.4) is 0 Å². The molecule has 2 aromatic rings. The molecule has 0 amide bonds. The molecule has 0 radical (unpaired) electrons. The Morgan fingerprint density at radius 2 is 1.65 bits per heavy atom. The fourth-order valence-corrected chi connectivity index (χ4v) is 4.11. The minimum Gasteiger partial charge on any atom is -0.223 e. The van der Waals surface area contributed by atoms with E-state index in [4.69, 9.17) is 0 Å². The molecular weight excluding hydrogens is 284 g/mol. The number of fused-ring (bicyclic) bond motifs is 1. The Balaban J connectivity index is 2.30. The van der Waals surface area contributed by atoms with E-state index in [2.05, 4.69) is 25.3 Å². The van der Waals surface area contributed by atoms with Crippen LogP contribution in [0.5, 0.6) is 0 Å². The first kappa shape index (κ1) is 15.0. The maximum Gasteiger partial charge on any atom is 0.181 e. The standard InChI is InChI=1S/C16H20O2SSi/c1-20(2,3)12-6-11-19(17,18)16-10-9-14-7-4-5-8-15(14)13-16/h4-10,12-13H,11H2,1-3H3/b12-6+. The molecule has 0 heterocycles. The number of hydrogen-bond acceptors (Lipinski definition) is 2. The van der Waals surface area contributed by atoms with Crippen molar-refractivity contribution in [2.24, 2.45) is 0 Å². The summed E-state index contributed by atoms with van der Waals surface area (Å²) in [7, 11) is -4.59. The predicted octanol–water partition coefficient (Wildman–Crippen LogP) is 4.05. The van der Waals surface area contributed by atoms with Gasteiger partial charge in [-0.05, 0) is 22.9 Å². The van der Waals surface area contributed by atoms with Crippen LogP contribution in [-0.4, -0.2) is 22.2 Å². The number of hydrogen-bond donors (Lipinski definition) is 0. The van der Waals surface area contributed by atoms with E-state index in [1.54, 1.807) is 18.2 Å². The van der Waals surface area contributed by atoms with Crippen molar-refractivity contribution in [2.45, 2.75) is 24.5 Å². The molecule has 2 rings (SSSR count). The van der Waals surface area contributed by atoms with Gasteiger partial charge in [-0.2, -0.15) is 0 Å². The van der Waals surface area contributed by atoms with Gasteiger partial charge in [-0.1, -0.05) is 61.7 Å². The van der Waals surface area contributed by atoms with E-state index in [9.17, 15) is 8.42 Å². The summed E-state index contributed by atoms with van der Waals surface area (Å²) in [6.07, 6.45) is 1.80. The normalized spacial score (nSPS) is 13.2. The number of benzene rings is 2. The smallest absolute Gasteiger partial charge is 0.181 e. The van der Waals surface area contributed by atoms with Crippen LogP contribution < -0.4 is 0 Å². The van der Waals surface area contributed by atoms with Crippen LogP contribution in [-0.2, 0) is 9.84 Å². The van der Waals surface area contributed by atoms with Crippen LogP contribution in [0.1, 0.15) is 0 Å². The molecule has 2 nitrogen and oxygen atoms in total. The van der Waals surface area contributed by atoms with E-state index >= 15 is 0 Å². The summed E-state index contributed by atoms with van der Waals surface area (Å²) in [4.78, 5) is 0.399. The maximum absolute atomic E-state index is 12.3. The van der Waals surface area contributed by atoms with Gasteiger partial charge in [0.15, 0.2) is 9.84 Å². The molecule has 106 valence electrons. The monoisotopic (exact) mass is 304 g/mol. The lowest BCUT2D eigenvalue weighted by atomic mass is 10.1. The minimum absolute atomic E-state index is 0.0790. The van der Waals surface area contributed by atoms with Crippen molar-refractivity contribution in [2.75, 3.05) is 5.75 Å². The molecule has 0 aliphatic carbocycles. The van der Waals surface area contributed by atoms with Crippen LogP contribution in [0.2, 0.25) is 19.6 Å². The Kier molecular flexibility index (Phi) is 4.16. The summed E-state index contributed by atoms with van der Waals surface area (Å²) in [5.41, 5.74) is 2.07. The van der Waals surface area contributed by atoms with Gasteiger partial charge in [0.2, 0.25) is 0 Å². The molecule has 0 fully saturated rings. The van der Waals surface area contributed by atoms with E-state index < -0.39 is 17.9 Å². The van der Waals surface area contributed by atoms with Gasteiger partial charge in [0, 0.05) is 0 Å². The molecule has 20 heavy (non-hydrogen) atoms. The average molecular weight is 304 g/mol. The van der Waals surface area contributed by atoms with Crippen molar-refractivity contribution in [1.29, 1.82) is 0 Å². The van der Waals surface area contributed by atoms with Crippen molar-refractivity contribution in [3.8, 4) is 0 Å². The van der Waals surface area contributed by atoms with E-state index in [-0.39, 0.29) is 5.75 Å². The molecule has 0 aliphatic heterocycles. The van der Waals surface area contributed by atoms with Gasteiger partial charge in [-0.15, -0.1) is 0 Å². The second-order valence-corrected chi connectivity index (χ2v) is 13.2. The van der Waals surface area contributed by atoms with E-state index in [1.165, 1.54) is 0 Å². The van der Waals surface area contributed by atoms with Crippen molar-refractivity contribution < 1.29 is 8.42 Å². The molecule has 0 aliphatic rings. The van der Waals surface area contributed by atoms with Crippen molar-refractivity contribution in [3.63, 3.8) is 0 Å². The van der Waals surface area contributed by atoms with Gasteiger partial charge >= 0.3 is 0 Å². The van der Waals surface area contributed by atoms with Crippen molar-refractivity contribution in [3.05, 3.63) is 54.2 Å². The Morgan fingerprint density at radius 3 is 2.30 bits per heavy atom. The first-order valence-electron chi connectivity index (χ1n) is 6.67. The maximum atomic E-state index is 12.3. The Morgan fingerprint density at radius 1 is 1.00 bits per heavy atom. The lowest BCUT2D eigenvalue weighted by Gasteiger charge is -2.08. The van der Waals surface area contributed by atoms with Gasteiger partial charge in [0.1, 0.15) is 0 Å². The van der Waals surface area contributed by atoms with Gasteiger partial charge in [-0.3, -0.25) is 0 Å². The molecule has 0 saturated carbocycles. The summed E-state index contributed by atoms with van der Waals surface area (Å²) in [6, 6.07) is 13.1. The SMILES string of the molecule is C[Si](C)(C)/C=C/CS(=O)(=O)c1ccc2ccccc2c1. The molecule has 0 unspecified atom stereocenters. The zero-order valence-electron chi connectivity index (χ0n) is 12.1. The molecule has 0 aromatic heterocycles. The Hall–Kier alpha value is -1.39. The van der Waals surface area contributed by atoms with Gasteiger partial charge in [-0.25, -0.2) is 8.42 Å². The molecule has 0 saturated heterocycles. The lowest BCUT2D eigenvalue weighted by Crippen LogP contribution is -2.16. The Bertz CT molecular complexity index is 740. The highest BCUT2D eigenvalue weighted by Gasteiger charge is 2.14. The van der Waals surface area contributed by atoms with Gasteiger partial charge in [0.05, 0.1) is 18.7 Å². The third kappa shape index (κ3) is 3.80. The van der Waals surface area contributed by atoms with E-state index in [0.717, 1.165) is 10.8 Å². The van der Waals surface area contributed by atoms with Crippen molar-refractivity contribution >= 4 is 28.7 Å².